The van der Waals surface area contributed by atoms with Crippen molar-refractivity contribution in [2.45, 2.75) is 17.7 Å². The third kappa shape index (κ3) is 3.71. The summed E-state index contributed by atoms with van der Waals surface area (Å²) in [7, 11) is 0. The monoisotopic (exact) mass is 330 g/mol. The van der Waals surface area contributed by atoms with E-state index in [9.17, 15) is 9.18 Å². The Kier molecular flexibility index (Phi) is 5.01. The van der Waals surface area contributed by atoms with Crippen molar-refractivity contribution in [3.8, 4) is 0 Å². The number of halogens is 2. The number of carbonyl (C=O) groups is 1. The molecule has 1 N–H and O–H groups in total. The van der Waals surface area contributed by atoms with Gasteiger partial charge in [0.15, 0.2) is 0 Å². The van der Waals surface area contributed by atoms with Gasteiger partial charge in [-0.2, -0.15) is 0 Å². The number of thiazole rings is 1. The maximum atomic E-state index is 13.6. The zero-order valence-electron chi connectivity index (χ0n) is 10.9. The van der Waals surface area contributed by atoms with Crippen LogP contribution in [0.15, 0.2) is 22.5 Å². The van der Waals surface area contributed by atoms with Gasteiger partial charge in [0.1, 0.15) is 10.2 Å². The second-order valence-electron chi connectivity index (χ2n) is 4.04. The number of hydrogen-bond acceptors (Lipinski definition) is 4. The van der Waals surface area contributed by atoms with Crippen molar-refractivity contribution in [1.29, 1.82) is 0 Å². The Bertz CT molecular complexity index is 645. The first-order chi connectivity index (χ1) is 9.49. The molecule has 106 valence electrons. The van der Waals surface area contributed by atoms with Crippen LogP contribution in [0.5, 0.6) is 0 Å². The van der Waals surface area contributed by atoms with Gasteiger partial charge in [-0.15, -0.1) is 11.3 Å². The first-order valence-electron chi connectivity index (χ1n) is 5.75. The van der Waals surface area contributed by atoms with Crippen LogP contribution in [0.4, 0.5) is 10.1 Å². The summed E-state index contributed by atoms with van der Waals surface area (Å²) < 4.78 is 14.5. The van der Waals surface area contributed by atoms with Crippen molar-refractivity contribution < 1.29 is 9.18 Å². The summed E-state index contributed by atoms with van der Waals surface area (Å²) >= 11 is 8.68. The van der Waals surface area contributed by atoms with Gasteiger partial charge >= 0.3 is 0 Å². The Morgan fingerprint density at radius 3 is 2.90 bits per heavy atom. The van der Waals surface area contributed by atoms with E-state index in [1.165, 1.54) is 41.3 Å². The number of amides is 1. The van der Waals surface area contributed by atoms with Crippen LogP contribution in [0, 0.1) is 12.7 Å². The molecule has 0 aliphatic carbocycles. The molecule has 0 spiro atoms. The van der Waals surface area contributed by atoms with Gasteiger partial charge in [-0.05, 0) is 31.4 Å². The van der Waals surface area contributed by atoms with Crippen LogP contribution < -0.4 is 5.32 Å². The standard InChI is InChI=1S/C13H12ClFN2OS2/c1-7-11(20-13(16-7)19-2)6-12(18)17-10-4-3-8(14)5-9(10)15/h3-5H,6H2,1-2H3,(H,17,18). The smallest absolute Gasteiger partial charge is 0.229 e. The van der Waals surface area contributed by atoms with E-state index < -0.39 is 5.82 Å². The Labute approximate surface area is 129 Å². The Morgan fingerprint density at radius 2 is 2.30 bits per heavy atom. The van der Waals surface area contributed by atoms with Crippen molar-refractivity contribution >= 4 is 46.3 Å². The molecule has 0 aliphatic rings. The quantitative estimate of drug-likeness (QED) is 0.856. The molecule has 1 amide bonds. The molecule has 3 nitrogen and oxygen atoms in total. The average Bonchev–Trinajstić information content (AvgIpc) is 2.74. The second-order valence-corrected chi connectivity index (χ2v) is 6.62. The van der Waals surface area contributed by atoms with E-state index in [0.717, 1.165) is 14.9 Å². The van der Waals surface area contributed by atoms with Crippen molar-refractivity contribution in [2.75, 3.05) is 11.6 Å². The summed E-state index contributed by atoms with van der Waals surface area (Å²) in [6.07, 6.45) is 2.12. The SMILES string of the molecule is CSc1nc(C)c(CC(=O)Nc2ccc(Cl)cc2F)s1. The van der Waals surface area contributed by atoms with Gasteiger partial charge in [-0.25, -0.2) is 9.37 Å². The van der Waals surface area contributed by atoms with E-state index in [2.05, 4.69) is 10.3 Å². The number of rotatable bonds is 4. The molecule has 2 aromatic rings. The molecule has 0 unspecified atom stereocenters. The first-order valence-corrected chi connectivity index (χ1v) is 8.16. The van der Waals surface area contributed by atoms with Crippen molar-refractivity contribution in [1.82, 2.24) is 4.98 Å². The molecular weight excluding hydrogens is 319 g/mol. The van der Waals surface area contributed by atoms with Gasteiger partial charge in [0.25, 0.3) is 0 Å². The van der Waals surface area contributed by atoms with E-state index in [1.807, 2.05) is 13.2 Å². The lowest BCUT2D eigenvalue weighted by Crippen LogP contribution is -2.15. The Hall–Kier alpha value is -1.11. The predicted octanol–water partition coefficient (Wildman–Crippen LogP) is 4.15. The predicted molar refractivity (Wildman–Crippen MR) is 82.4 cm³/mol. The van der Waals surface area contributed by atoms with Crippen molar-refractivity contribution in [3.05, 3.63) is 39.6 Å². The summed E-state index contributed by atoms with van der Waals surface area (Å²) in [4.78, 5) is 17.1. The molecule has 20 heavy (non-hydrogen) atoms. The molecule has 0 radical (unpaired) electrons. The van der Waals surface area contributed by atoms with Gasteiger partial charge in [0, 0.05) is 9.90 Å². The minimum absolute atomic E-state index is 0.131. The van der Waals surface area contributed by atoms with Crippen LogP contribution in [-0.4, -0.2) is 17.1 Å². The van der Waals surface area contributed by atoms with E-state index in [-0.39, 0.29) is 18.0 Å². The number of aryl methyl sites for hydroxylation is 1. The molecule has 0 saturated carbocycles. The molecule has 1 heterocycles. The van der Waals surface area contributed by atoms with Crippen LogP contribution in [0.25, 0.3) is 0 Å². The molecule has 0 fully saturated rings. The lowest BCUT2D eigenvalue weighted by atomic mass is 10.2. The normalized spacial score (nSPS) is 10.6. The van der Waals surface area contributed by atoms with Gasteiger partial charge in [-0.1, -0.05) is 23.4 Å². The van der Waals surface area contributed by atoms with E-state index in [1.54, 1.807) is 0 Å². The van der Waals surface area contributed by atoms with Crippen LogP contribution in [-0.2, 0) is 11.2 Å². The number of carbonyl (C=O) groups excluding carboxylic acids is 1. The third-order valence-electron chi connectivity index (χ3n) is 2.57. The first kappa shape index (κ1) is 15.3. The lowest BCUT2D eigenvalue weighted by molar-refractivity contribution is -0.115. The maximum Gasteiger partial charge on any atom is 0.229 e. The van der Waals surface area contributed by atoms with Gasteiger partial charge in [-0.3, -0.25) is 4.79 Å². The number of anilines is 1. The Balaban J connectivity index is 2.06. The lowest BCUT2D eigenvalue weighted by Gasteiger charge is -2.06. The van der Waals surface area contributed by atoms with Gasteiger partial charge < -0.3 is 5.32 Å². The molecule has 1 aromatic heterocycles. The zero-order chi connectivity index (χ0) is 14.7. The van der Waals surface area contributed by atoms with Crippen molar-refractivity contribution in [3.63, 3.8) is 0 Å². The number of hydrogen-bond donors (Lipinski definition) is 1. The number of thioether (sulfide) groups is 1. The number of benzene rings is 1. The molecular formula is C13H12ClFN2OS2. The highest BCUT2D eigenvalue weighted by Crippen LogP contribution is 2.26. The maximum absolute atomic E-state index is 13.6. The highest BCUT2D eigenvalue weighted by atomic mass is 35.5. The van der Waals surface area contributed by atoms with E-state index >= 15 is 0 Å². The summed E-state index contributed by atoms with van der Waals surface area (Å²) in [6.45, 7) is 1.86. The highest BCUT2D eigenvalue weighted by Gasteiger charge is 2.13. The molecule has 0 atom stereocenters. The van der Waals surface area contributed by atoms with Crippen molar-refractivity contribution in [2.24, 2.45) is 0 Å². The molecule has 2 rings (SSSR count). The van der Waals surface area contributed by atoms with Crippen LogP contribution in [0.2, 0.25) is 5.02 Å². The molecule has 0 aliphatic heterocycles. The number of nitrogens with one attached hydrogen (secondary N) is 1. The fourth-order valence-electron chi connectivity index (χ4n) is 1.58. The third-order valence-corrected chi connectivity index (χ3v) is 4.95. The Morgan fingerprint density at radius 1 is 1.55 bits per heavy atom. The van der Waals surface area contributed by atoms with E-state index in [4.69, 9.17) is 11.6 Å². The summed E-state index contributed by atoms with van der Waals surface area (Å²) in [5.41, 5.74) is 0.970. The average molecular weight is 331 g/mol. The second kappa shape index (κ2) is 6.56. The number of nitrogens with zero attached hydrogens (tertiary/aromatic N) is 1. The van der Waals surface area contributed by atoms with E-state index in [0.29, 0.717) is 5.02 Å². The minimum Gasteiger partial charge on any atom is -0.323 e. The number of aromatic nitrogens is 1. The molecule has 7 heteroatoms. The van der Waals surface area contributed by atoms with Crippen LogP contribution in [0.1, 0.15) is 10.6 Å². The van der Waals surface area contributed by atoms with Gasteiger partial charge in [0.05, 0.1) is 17.8 Å². The van der Waals surface area contributed by atoms with Crippen LogP contribution >= 0.6 is 34.7 Å². The zero-order valence-corrected chi connectivity index (χ0v) is 13.3. The van der Waals surface area contributed by atoms with Gasteiger partial charge in [0.2, 0.25) is 5.91 Å². The molecule has 0 bridgehead atoms. The topological polar surface area (TPSA) is 42.0 Å². The van der Waals surface area contributed by atoms with Crippen LogP contribution in [0.3, 0.4) is 0 Å². The molecule has 0 saturated heterocycles. The highest BCUT2D eigenvalue weighted by molar-refractivity contribution is 8.00. The minimum atomic E-state index is -0.545. The largest absolute Gasteiger partial charge is 0.323 e. The summed E-state index contributed by atoms with van der Waals surface area (Å²) in [6, 6.07) is 4.15. The summed E-state index contributed by atoms with van der Waals surface area (Å²) in [5.74, 6) is -0.817. The molecule has 1 aromatic carbocycles. The fraction of sp³-hybridized carbons (Fsp3) is 0.231. The summed E-state index contributed by atoms with van der Waals surface area (Å²) in [5, 5.41) is 2.83. The fourth-order valence-corrected chi connectivity index (χ4v) is 3.40.